The lowest BCUT2D eigenvalue weighted by atomic mass is 10.2. The molecule has 2 heterocycles. The molecule has 0 aliphatic carbocycles. The van der Waals surface area contributed by atoms with Crippen LogP contribution in [0.3, 0.4) is 0 Å². The molecule has 2 rings (SSSR count). The summed E-state index contributed by atoms with van der Waals surface area (Å²) < 4.78 is 0. The Hall–Kier alpha value is -2.06. The number of nitrogens with zero attached hydrogens (tertiary/aromatic N) is 3. The summed E-state index contributed by atoms with van der Waals surface area (Å²) in [6.45, 7) is 0. The zero-order valence-corrected chi connectivity index (χ0v) is 8.86. The maximum Gasteiger partial charge on any atom is 0.261 e. The summed E-state index contributed by atoms with van der Waals surface area (Å²) in [7, 11) is 0. The van der Waals surface area contributed by atoms with Crippen LogP contribution < -0.4 is 16.6 Å². The summed E-state index contributed by atoms with van der Waals surface area (Å²) in [5.41, 5.74) is 4.23. The highest BCUT2D eigenvalue weighted by atomic mass is 32.1. The van der Waals surface area contributed by atoms with Crippen LogP contribution >= 0.6 is 11.3 Å². The number of pyridine rings is 1. The van der Waals surface area contributed by atoms with Gasteiger partial charge in [-0.1, -0.05) is 11.3 Å². The molecule has 2 aromatic rings. The van der Waals surface area contributed by atoms with Crippen molar-refractivity contribution in [2.24, 2.45) is 5.84 Å². The van der Waals surface area contributed by atoms with E-state index in [4.69, 9.17) is 5.84 Å². The van der Waals surface area contributed by atoms with Crippen molar-refractivity contribution in [2.75, 3.05) is 10.7 Å². The van der Waals surface area contributed by atoms with Gasteiger partial charge in [0.15, 0.2) is 5.82 Å². The van der Waals surface area contributed by atoms with Crippen LogP contribution in [-0.2, 0) is 0 Å². The standard InChI is InChI=1S/C8H8N6OS/c9-13-6-5(2-1-3-10-6)7(15)12-8-14-11-4-16-8/h1-4H,9H2,(H,10,13)(H,12,14,15). The molecule has 0 aromatic carbocycles. The molecule has 0 bridgehead atoms. The fourth-order valence-electron chi connectivity index (χ4n) is 1.10. The molecule has 0 atom stereocenters. The van der Waals surface area contributed by atoms with Crippen LogP contribution in [0.4, 0.5) is 10.9 Å². The van der Waals surface area contributed by atoms with Crippen molar-refractivity contribution in [3.63, 3.8) is 0 Å². The van der Waals surface area contributed by atoms with Gasteiger partial charge in [0.2, 0.25) is 5.13 Å². The van der Waals surface area contributed by atoms with Gasteiger partial charge in [0, 0.05) is 6.20 Å². The van der Waals surface area contributed by atoms with Gasteiger partial charge in [-0.2, -0.15) is 0 Å². The van der Waals surface area contributed by atoms with Crippen LogP contribution in [0.1, 0.15) is 10.4 Å². The van der Waals surface area contributed by atoms with E-state index in [9.17, 15) is 4.79 Å². The summed E-state index contributed by atoms with van der Waals surface area (Å²) in [5, 5.41) is 10.3. The molecule has 0 saturated carbocycles. The first-order valence-corrected chi connectivity index (χ1v) is 5.18. The zero-order chi connectivity index (χ0) is 11.4. The Labute approximate surface area is 94.7 Å². The minimum absolute atomic E-state index is 0.310. The Morgan fingerprint density at radius 1 is 1.50 bits per heavy atom. The maximum absolute atomic E-state index is 11.8. The summed E-state index contributed by atoms with van der Waals surface area (Å²) in [6.07, 6.45) is 1.54. The Kier molecular flexibility index (Phi) is 3.03. The molecule has 0 aliphatic rings. The number of hydrogen-bond donors (Lipinski definition) is 3. The Bertz CT molecular complexity index is 485. The van der Waals surface area contributed by atoms with E-state index in [0.717, 1.165) is 0 Å². The molecule has 8 heteroatoms. The molecule has 0 fully saturated rings. The molecule has 7 nitrogen and oxygen atoms in total. The predicted molar refractivity (Wildman–Crippen MR) is 59.9 cm³/mol. The highest BCUT2D eigenvalue weighted by Crippen LogP contribution is 2.14. The molecule has 0 radical (unpaired) electrons. The molecule has 0 unspecified atom stereocenters. The molecule has 1 amide bonds. The van der Waals surface area contributed by atoms with Crippen molar-refractivity contribution in [2.45, 2.75) is 0 Å². The van der Waals surface area contributed by atoms with Crippen molar-refractivity contribution in [3.05, 3.63) is 29.4 Å². The van der Waals surface area contributed by atoms with Crippen LogP contribution in [0.2, 0.25) is 0 Å². The predicted octanol–water partition coefficient (Wildman–Crippen LogP) is 0.471. The highest BCUT2D eigenvalue weighted by Gasteiger charge is 2.12. The third-order valence-electron chi connectivity index (χ3n) is 1.77. The number of anilines is 2. The Morgan fingerprint density at radius 2 is 2.38 bits per heavy atom. The van der Waals surface area contributed by atoms with E-state index < -0.39 is 0 Å². The minimum Gasteiger partial charge on any atom is -0.308 e. The van der Waals surface area contributed by atoms with Crippen molar-refractivity contribution < 1.29 is 4.79 Å². The molecule has 82 valence electrons. The Balaban J connectivity index is 2.21. The van der Waals surface area contributed by atoms with Crippen LogP contribution in [0.25, 0.3) is 0 Å². The van der Waals surface area contributed by atoms with Crippen LogP contribution in [0.5, 0.6) is 0 Å². The minimum atomic E-state index is -0.335. The van der Waals surface area contributed by atoms with Crippen molar-refractivity contribution in [1.29, 1.82) is 0 Å². The second-order valence-electron chi connectivity index (χ2n) is 2.74. The summed E-state index contributed by atoms with van der Waals surface area (Å²) in [6, 6.07) is 3.26. The molecular weight excluding hydrogens is 228 g/mol. The fourth-order valence-corrected chi connectivity index (χ4v) is 1.54. The molecule has 0 spiro atoms. The molecule has 4 N–H and O–H groups in total. The number of nitrogens with one attached hydrogen (secondary N) is 2. The molecule has 16 heavy (non-hydrogen) atoms. The van der Waals surface area contributed by atoms with Crippen LogP contribution in [-0.4, -0.2) is 21.1 Å². The fraction of sp³-hybridized carbons (Fsp3) is 0. The van der Waals surface area contributed by atoms with Gasteiger partial charge >= 0.3 is 0 Å². The summed E-state index contributed by atoms with van der Waals surface area (Å²) in [4.78, 5) is 15.7. The zero-order valence-electron chi connectivity index (χ0n) is 8.04. The monoisotopic (exact) mass is 236 g/mol. The van der Waals surface area contributed by atoms with Crippen LogP contribution in [0, 0.1) is 0 Å². The number of hydrogen-bond acceptors (Lipinski definition) is 7. The molecule has 2 aromatic heterocycles. The number of rotatable bonds is 3. The topological polar surface area (TPSA) is 106 Å². The van der Waals surface area contributed by atoms with Crippen molar-refractivity contribution >= 4 is 28.2 Å². The summed E-state index contributed by atoms with van der Waals surface area (Å²) >= 11 is 1.23. The maximum atomic E-state index is 11.8. The van der Waals surface area contributed by atoms with Crippen molar-refractivity contribution in [3.8, 4) is 0 Å². The highest BCUT2D eigenvalue weighted by molar-refractivity contribution is 7.13. The first kappa shape index (κ1) is 10.5. The van der Waals surface area contributed by atoms with E-state index in [2.05, 4.69) is 25.9 Å². The number of nitrogens with two attached hydrogens (primary N) is 1. The Morgan fingerprint density at radius 3 is 3.06 bits per heavy atom. The number of carbonyl (C=O) groups is 1. The second kappa shape index (κ2) is 4.64. The average Bonchev–Trinajstić information content (AvgIpc) is 2.81. The lowest BCUT2D eigenvalue weighted by molar-refractivity contribution is 0.102. The van der Waals surface area contributed by atoms with E-state index in [-0.39, 0.29) is 5.91 Å². The lowest BCUT2D eigenvalue weighted by Gasteiger charge is -2.05. The number of carbonyl (C=O) groups excluding carboxylic acids is 1. The molecule has 0 aliphatic heterocycles. The van der Waals surface area contributed by atoms with Gasteiger partial charge in [-0.25, -0.2) is 10.8 Å². The summed E-state index contributed by atoms with van der Waals surface area (Å²) in [5.74, 6) is 5.22. The normalized spacial score (nSPS) is 9.81. The number of aromatic nitrogens is 3. The first-order valence-electron chi connectivity index (χ1n) is 4.30. The quantitative estimate of drug-likeness (QED) is 0.528. The van der Waals surface area contributed by atoms with Crippen molar-refractivity contribution in [1.82, 2.24) is 15.2 Å². The molecular formula is C8H8N6OS. The van der Waals surface area contributed by atoms with Gasteiger partial charge in [0.25, 0.3) is 5.91 Å². The van der Waals surface area contributed by atoms with E-state index in [1.165, 1.54) is 23.0 Å². The average molecular weight is 236 g/mol. The van der Waals surface area contributed by atoms with Gasteiger partial charge in [-0.05, 0) is 12.1 Å². The SMILES string of the molecule is NNc1ncccc1C(=O)Nc1nncs1. The van der Waals surface area contributed by atoms with Gasteiger partial charge in [0.05, 0.1) is 5.56 Å². The lowest BCUT2D eigenvalue weighted by Crippen LogP contribution is -2.18. The van der Waals surface area contributed by atoms with Gasteiger partial charge < -0.3 is 5.43 Å². The third kappa shape index (κ3) is 2.12. The second-order valence-corrected chi connectivity index (χ2v) is 3.58. The van der Waals surface area contributed by atoms with E-state index in [1.54, 1.807) is 12.1 Å². The van der Waals surface area contributed by atoms with Gasteiger partial charge in [-0.3, -0.25) is 10.1 Å². The van der Waals surface area contributed by atoms with Gasteiger partial charge in [-0.15, -0.1) is 10.2 Å². The first-order chi connectivity index (χ1) is 7.81. The van der Waals surface area contributed by atoms with Gasteiger partial charge in [0.1, 0.15) is 5.51 Å². The smallest absolute Gasteiger partial charge is 0.261 e. The number of hydrazine groups is 1. The number of nitrogen functional groups attached to an aromatic ring is 1. The largest absolute Gasteiger partial charge is 0.308 e. The van der Waals surface area contributed by atoms with E-state index in [0.29, 0.717) is 16.5 Å². The molecule has 0 saturated heterocycles. The van der Waals surface area contributed by atoms with E-state index in [1.807, 2.05) is 0 Å². The van der Waals surface area contributed by atoms with E-state index >= 15 is 0 Å². The number of amides is 1. The third-order valence-corrected chi connectivity index (χ3v) is 2.38. The van der Waals surface area contributed by atoms with Crippen LogP contribution in [0.15, 0.2) is 23.8 Å².